The first kappa shape index (κ1) is 35.1. The van der Waals surface area contributed by atoms with Crippen LogP contribution in [0.2, 0.25) is 10.0 Å². The minimum Gasteiger partial charge on any atom is -0.406 e. The number of alkyl halides is 6. The third-order valence-electron chi connectivity index (χ3n) is 7.00. The molecule has 20 heteroatoms. The molecule has 0 unspecified atom stereocenters. The Kier molecular flexibility index (Phi) is 9.54. The van der Waals surface area contributed by atoms with Crippen LogP contribution in [-0.2, 0) is 19.3 Å². The number of halogens is 8. The van der Waals surface area contributed by atoms with Crippen molar-refractivity contribution in [3.63, 3.8) is 0 Å². The van der Waals surface area contributed by atoms with Gasteiger partial charge in [0.05, 0.1) is 27.0 Å². The number of ether oxygens (including phenoxy) is 1. The lowest BCUT2D eigenvalue weighted by Crippen LogP contribution is -2.26. The Morgan fingerprint density at radius 2 is 1.67 bits per heavy atom. The number of pyridine rings is 1. The normalized spacial score (nSPS) is 11.8. The third kappa shape index (κ3) is 8.02. The Morgan fingerprint density at radius 1 is 0.882 bits per heavy atom. The molecule has 3 aromatic heterocycles. The van der Waals surface area contributed by atoms with Crippen molar-refractivity contribution in [2.45, 2.75) is 25.6 Å². The molecule has 0 saturated carbocycles. The van der Waals surface area contributed by atoms with Gasteiger partial charge in [-0.05, 0) is 52.6 Å². The summed E-state index contributed by atoms with van der Waals surface area (Å²) in [6.45, 7) is -0.674. The van der Waals surface area contributed by atoms with E-state index in [0.29, 0.717) is 15.6 Å². The van der Waals surface area contributed by atoms with E-state index >= 15 is 0 Å². The number of benzene rings is 3. The average molecular weight is 750 g/mol. The van der Waals surface area contributed by atoms with E-state index in [2.05, 4.69) is 40.9 Å². The molecule has 2 amide bonds. The highest BCUT2D eigenvalue weighted by atomic mass is 35.5. The number of tetrazole rings is 1. The van der Waals surface area contributed by atoms with Gasteiger partial charge in [-0.1, -0.05) is 59.6 Å². The number of carbonyl (C=O) groups excluding carboxylic acids is 2. The van der Waals surface area contributed by atoms with E-state index in [1.165, 1.54) is 42.6 Å². The predicted octanol–water partition coefficient (Wildman–Crippen LogP) is 6.86. The van der Waals surface area contributed by atoms with E-state index in [1.807, 2.05) is 0 Å². The van der Waals surface area contributed by atoms with Gasteiger partial charge in [0.25, 0.3) is 17.6 Å². The first-order chi connectivity index (χ1) is 24.2. The molecule has 0 atom stereocenters. The fraction of sp³-hybridized carbons (Fsp3) is 0.129. The van der Waals surface area contributed by atoms with Gasteiger partial charge in [0.1, 0.15) is 18.0 Å². The quantitative estimate of drug-likeness (QED) is 0.153. The van der Waals surface area contributed by atoms with Crippen molar-refractivity contribution in [3.8, 4) is 11.6 Å². The molecule has 0 saturated heterocycles. The number of rotatable bonds is 9. The Bertz CT molecular complexity index is 2270. The summed E-state index contributed by atoms with van der Waals surface area (Å²) in [7, 11) is 0. The van der Waals surface area contributed by atoms with Gasteiger partial charge >= 0.3 is 12.5 Å². The first-order valence-electron chi connectivity index (χ1n) is 14.4. The summed E-state index contributed by atoms with van der Waals surface area (Å²) in [5.74, 6) is -3.62. The molecule has 0 fully saturated rings. The van der Waals surface area contributed by atoms with E-state index in [0.717, 1.165) is 16.8 Å². The van der Waals surface area contributed by atoms with Crippen molar-refractivity contribution in [3.05, 3.63) is 117 Å². The zero-order valence-corrected chi connectivity index (χ0v) is 26.8. The second-order valence-electron chi connectivity index (χ2n) is 10.5. The Balaban J connectivity index is 1.34. The SMILES string of the molecule is O=C(NCc1cccc(OC(F)(F)F)c1)c1cc2ccccc2c(Cl)c1NC(=O)c1cc(Cn2nnc(C(F)(F)F)n2)nn1-c1ncccc1Cl. The van der Waals surface area contributed by atoms with Crippen molar-refractivity contribution in [2.75, 3.05) is 5.32 Å². The molecule has 51 heavy (non-hydrogen) atoms. The summed E-state index contributed by atoms with van der Waals surface area (Å²) >= 11 is 13.1. The largest absolute Gasteiger partial charge is 0.573 e. The molecule has 6 aromatic rings. The summed E-state index contributed by atoms with van der Waals surface area (Å²) < 4.78 is 82.3. The van der Waals surface area contributed by atoms with Gasteiger partial charge in [-0.2, -0.15) is 23.1 Å². The van der Waals surface area contributed by atoms with Gasteiger partial charge in [0, 0.05) is 18.1 Å². The number of anilines is 1. The number of carbonyl (C=O) groups is 2. The van der Waals surface area contributed by atoms with Crippen molar-refractivity contribution in [2.24, 2.45) is 0 Å². The fourth-order valence-corrected chi connectivity index (χ4v) is 5.37. The smallest absolute Gasteiger partial charge is 0.406 e. The molecule has 0 bridgehead atoms. The van der Waals surface area contributed by atoms with Gasteiger partial charge in [0.2, 0.25) is 0 Å². The molecule has 262 valence electrons. The third-order valence-corrected chi connectivity index (χ3v) is 7.68. The topological polar surface area (TPSA) is 142 Å². The summed E-state index contributed by atoms with van der Waals surface area (Å²) in [4.78, 5) is 32.4. The molecule has 6 rings (SSSR count). The summed E-state index contributed by atoms with van der Waals surface area (Å²) in [5, 5.41) is 20.3. The maximum Gasteiger partial charge on any atom is 0.573 e. The van der Waals surface area contributed by atoms with E-state index in [-0.39, 0.29) is 50.6 Å². The molecular formula is C31H19Cl2F6N9O3. The Labute approximate surface area is 291 Å². The van der Waals surface area contributed by atoms with Crippen LogP contribution in [0.5, 0.6) is 5.75 Å². The molecule has 3 aromatic carbocycles. The lowest BCUT2D eigenvalue weighted by Gasteiger charge is -2.16. The second kappa shape index (κ2) is 13.9. The molecule has 0 spiro atoms. The van der Waals surface area contributed by atoms with Crippen LogP contribution in [0.25, 0.3) is 16.6 Å². The van der Waals surface area contributed by atoms with Crippen LogP contribution in [0.3, 0.4) is 0 Å². The van der Waals surface area contributed by atoms with Crippen molar-refractivity contribution < 1.29 is 40.7 Å². The molecule has 0 radical (unpaired) electrons. The molecule has 2 N–H and O–H groups in total. The second-order valence-corrected chi connectivity index (χ2v) is 11.3. The zero-order valence-electron chi connectivity index (χ0n) is 25.3. The average Bonchev–Trinajstić information content (AvgIpc) is 3.72. The van der Waals surface area contributed by atoms with Crippen LogP contribution in [0.4, 0.5) is 32.0 Å². The zero-order chi connectivity index (χ0) is 36.5. The number of nitrogens with one attached hydrogen (secondary N) is 2. The van der Waals surface area contributed by atoms with Crippen LogP contribution in [-0.4, -0.2) is 53.1 Å². The van der Waals surface area contributed by atoms with E-state index in [9.17, 15) is 35.9 Å². The van der Waals surface area contributed by atoms with Gasteiger partial charge in [-0.25, -0.2) is 9.67 Å². The Hall–Kier alpha value is -5.75. The van der Waals surface area contributed by atoms with Crippen LogP contribution >= 0.6 is 23.2 Å². The molecule has 0 aliphatic carbocycles. The van der Waals surface area contributed by atoms with E-state index in [1.54, 1.807) is 24.3 Å². The molecular weight excluding hydrogens is 731 g/mol. The van der Waals surface area contributed by atoms with Gasteiger partial charge in [0.15, 0.2) is 5.82 Å². The van der Waals surface area contributed by atoms with Gasteiger partial charge in [-0.3, -0.25) is 9.59 Å². The fourth-order valence-electron chi connectivity index (χ4n) is 4.84. The number of amides is 2. The van der Waals surface area contributed by atoms with Crippen molar-refractivity contribution >= 4 is 51.5 Å². The molecule has 12 nitrogen and oxygen atoms in total. The summed E-state index contributed by atoms with van der Waals surface area (Å²) in [6.07, 6.45) is -8.40. The van der Waals surface area contributed by atoms with E-state index < -0.39 is 42.5 Å². The van der Waals surface area contributed by atoms with Crippen LogP contribution in [0, 0.1) is 0 Å². The van der Waals surface area contributed by atoms with Gasteiger partial charge < -0.3 is 15.4 Å². The standard InChI is InChI=1S/C31H19Cl2F6N9O3/c32-22-9-4-10-40-26(22)48-23(13-18(44-48)15-47-45-29(43-46-47)30(34,35)36)28(50)42-25-21(12-17-6-1-2-8-20(17)24(25)33)27(49)41-14-16-5-3-7-19(11-16)51-31(37,38)39/h1-13H,14-15H2,(H,41,49)(H,42,50). The minimum atomic E-state index is -4.92. The Morgan fingerprint density at radius 3 is 2.39 bits per heavy atom. The minimum absolute atomic E-state index is 0.00676. The lowest BCUT2D eigenvalue weighted by atomic mass is 10.0. The maximum absolute atomic E-state index is 14.0. The number of nitrogens with zero attached hydrogens (tertiary/aromatic N) is 7. The van der Waals surface area contributed by atoms with Crippen molar-refractivity contribution in [1.29, 1.82) is 0 Å². The van der Waals surface area contributed by atoms with Gasteiger partial charge in [-0.15, -0.1) is 23.4 Å². The van der Waals surface area contributed by atoms with Crippen molar-refractivity contribution in [1.82, 2.24) is 40.3 Å². The predicted molar refractivity (Wildman–Crippen MR) is 169 cm³/mol. The molecule has 3 heterocycles. The summed E-state index contributed by atoms with van der Waals surface area (Å²) in [6, 6.07) is 17.4. The highest BCUT2D eigenvalue weighted by Crippen LogP contribution is 2.35. The van der Waals surface area contributed by atoms with Crippen LogP contribution in [0.15, 0.2) is 79.0 Å². The summed E-state index contributed by atoms with van der Waals surface area (Å²) in [5.41, 5.74) is -0.189. The first-order valence-corrected chi connectivity index (χ1v) is 15.1. The number of fused-ring (bicyclic) bond motifs is 1. The number of hydrogen-bond acceptors (Lipinski definition) is 8. The lowest BCUT2D eigenvalue weighted by molar-refractivity contribution is -0.274. The monoisotopic (exact) mass is 749 g/mol. The highest BCUT2D eigenvalue weighted by Gasteiger charge is 2.37. The van der Waals surface area contributed by atoms with E-state index in [4.69, 9.17) is 23.2 Å². The molecule has 0 aliphatic rings. The van der Waals surface area contributed by atoms with Crippen LogP contribution in [0.1, 0.15) is 37.9 Å². The number of aromatic nitrogens is 7. The molecule has 0 aliphatic heterocycles. The maximum atomic E-state index is 14.0. The highest BCUT2D eigenvalue weighted by molar-refractivity contribution is 6.40. The van der Waals surface area contributed by atoms with Crippen LogP contribution < -0.4 is 15.4 Å². The number of hydrogen-bond donors (Lipinski definition) is 2.